The molecule has 11 heteroatoms. The number of thioether (sulfide) groups is 1. The minimum Gasteiger partial charge on any atom is -0.342 e. The number of carbonyl (C=O) groups is 2. The van der Waals surface area contributed by atoms with Gasteiger partial charge in [0.2, 0.25) is 5.91 Å². The Kier molecular flexibility index (Phi) is 7.83. The molecule has 3 rings (SSSR count). The van der Waals surface area contributed by atoms with Gasteiger partial charge in [0.25, 0.3) is 5.91 Å². The maximum Gasteiger partial charge on any atom is 0.251 e. The van der Waals surface area contributed by atoms with Gasteiger partial charge < -0.3 is 15.2 Å². The number of amides is 2. The molecule has 1 aromatic heterocycles. The normalized spacial score (nSPS) is 11.8. The van der Waals surface area contributed by atoms with Crippen LogP contribution in [0.15, 0.2) is 47.6 Å². The summed E-state index contributed by atoms with van der Waals surface area (Å²) >= 11 is 19.1. The molecule has 2 N–H and O–H groups in total. The van der Waals surface area contributed by atoms with E-state index in [1.54, 1.807) is 61.0 Å². The van der Waals surface area contributed by atoms with Gasteiger partial charge in [0.05, 0.1) is 22.5 Å². The lowest BCUT2D eigenvalue weighted by Crippen LogP contribution is -2.28. The van der Waals surface area contributed by atoms with E-state index >= 15 is 0 Å². The fourth-order valence-electron chi connectivity index (χ4n) is 2.68. The molecule has 1 heterocycles. The predicted octanol–water partition coefficient (Wildman–Crippen LogP) is 5.00. The van der Waals surface area contributed by atoms with Crippen molar-refractivity contribution in [3.05, 3.63) is 68.9 Å². The van der Waals surface area contributed by atoms with Gasteiger partial charge in [-0.15, -0.1) is 10.2 Å². The molecule has 1 atom stereocenters. The van der Waals surface area contributed by atoms with Gasteiger partial charge in [0, 0.05) is 22.7 Å². The molecular weight excluding hydrogens is 481 g/mol. The van der Waals surface area contributed by atoms with E-state index < -0.39 is 6.04 Å². The first-order valence-electron chi connectivity index (χ1n) is 9.08. The number of anilines is 1. The number of halogens is 3. The van der Waals surface area contributed by atoms with Crippen molar-refractivity contribution < 1.29 is 9.59 Å². The second kappa shape index (κ2) is 10.4. The Balaban J connectivity index is 1.59. The molecular formula is C20H18Cl3N5O2S. The number of benzene rings is 2. The highest BCUT2D eigenvalue weighted by molar-refractivity contribution is 7.99. The van der Waals surface area contributed by atoms with Crippen molar-refractivity contribution in [2.24, 2.45) is 7.05 Å². The SMILES string of the molecule is C[C@H](NC(=O)c1ccc(Cl)cc1)c1nnc(SCC(=O)Nc2cc(Cl)ccc2Cl)n1C. The first-order chi connectivity index (χ1) is 14.7. The van der Waals surface area contributed by atoms with E-state index in [2.05, 4.69) is 20.8 Å². The first-order valence-corrected chi connectivity index (χ1v) is 11.2. The van der Waals surface area contributed by atoms with E-state index in [4.69, 9.17) is 34.8 Å². The number of hydrogen-bond donors (Lipinski definition) is 2. The number of carbonyl (C=O) groups excluding carboxylic acids is 2. The topological polar surface area (TPSA) is 88.9 Å². The second-order valence-corrected chi connectivity index (χ2v) is 8.79. The fraction of sp³-hybridized carbons (Fsp3) is 0.200. The zero-order chi connectivity index (χ0) is 22.5. The summed E-state index contributed by atoms with van der Waals surface area (Å²) in [5.41, 5.74) is 0.932. The van der Waals surface area contributed by atoms with Crippen molar-refractivity contribution in [3.8, 4) is 0 Å². The molecule has 7 nitrogen and oxygen atoms in total. The Morgan fingerprint density at radius 2 is 1.74 bits per heavy atom. The standard InChI is InChI=1S/C20H18Cl3N5O2S/c1-11(24-19(30)12-3-5-13(21)6-4-12)18-26-27-20(28(18)2)31-10-17(29)25-16-9-14(22)7-8-15(16)23/h3-9,11H,10H2,1-2H3,(H,24,30)(H,25,29)/t11-/m0/s1. The van der Waals surface area contributed by atoms with Crippen molar-refractivity contribution in [2.75, 3.05) is 11.1 Å². The van der Waals surface area contributed by atoms with Crippen LogP contribution in [0, 0.1) is 0 Å². The lowest BCUT2D eigenvalue weighted by atomic mass is 10.2. The van der Waals surface area contributed by atoms with Crippen LogP contribution in [0.1, 0.15) is 29.1 Å². The molecule has 162 valence electrons. The van der Waals surface area contributed by atoms with Gasteiger partial charge in [-0.05, 0) is 49.4 Å². The summed E-state index contributed by atoms with van der Waals surface area (Å²) in [6.07, 6.45) is 0. The van der Waals surface area contributed by atoms with E-state index in [9.17, 15) is 9.59 Å². The summed E-state index contributed by atoms with van der Waals surface area (Å²) in [5.74, 6) is 0.144. The van der Waals surface area contributed by atoms with E-state index in [1.165, 1.54) is 11.8 Å². The summed E-state index contributed by atoms with van der Waals surface area (Å²) in [6.45, 7) is 1.81. The third-order valence-corrected chi connectivity index (χ3v) is 6.08. The van der Waals surface area contributed by atoms with E-state index in [-0.39, 0.29) is 17.6 Å². The van der Waals surface area contributed by atoms with Crippen LogP contribution in [-0.2, 0) is 11.8 Å². The monoisotopic (exact) mass is 497 g/mol. The first kappa shape index (κ1) is 23.4. The number of nitrogens with one attached hydrogen (secondary N) is 2. The molecule has 0 aliphatic rings. The lowest BCUT2D eigenvalue weighted by Gasteiger charge is -2.13. The molecule has 0 aliphatic heterocycles. The van der Waals surface area contributed by atoms with Gasteiger partial charge in [-0.25, -0.2) is 0 Å². The quantitative estimate of drug-likeness (QED) is 0.448. The third-order valence-electron chi connectivity index (χ3n) is 4.24. The zero-order valence-electron chi connectivity index (χ0n) is 16.5. The largest absolute Gasteiger partial charge is 0.342 e. The van der Waals surface area contributed by atoms with Gasteiger partial charge in [-0.2, -0.15) is 0 Å². The summed E-state index contributed by atoms with van der Waals surface area (Å²) in [7, 11) is 1.77. The van der Waals surface area contributed by atoms with Gasteiger partial charge in [-0.1, -0.05) is 46.6 Å². The van der Waals surface area contributed by atoms with Gasteiger partial charge in [-0.3, -0.25) is 9.59 Å². The Labute approximate surface area is 198 Å². The average molecular weight is 499 g/mol. The molecule has 0 bridgehead atoms. The van der Waals surface area contributed by atoms with Gasteiger partial charge >= 0.3 is 0 Å². The van der Waals surface area contributed by atoms with E-state index in [1.807, 2.05) is 0 Å². The van der Waals surface area contributed by atoms with Crippen LogP contribution < -0.4 is 10.6 Å². The highest BCUT2D eigenvalue weighted by Crippen LogP contribution is 2.26. The Morgan fingerprint density at radius 3 is 2.45 bits per heavy atom. The molecule has 3 aromatic rings. The van der Waals surface area contributed by atoms with E-state index in [0.29, 0.717) is 37.3 Å². The third kappa shape index (κ3) is 6.13. The van der Waals surface area contributed by atoms with Crippen molar-refractivity contribution >= 4 is 64.1 Å². The second-order valence-electron chi connectivity index (χ2n) is 6.56. The van der Waals surface area contributed by atoms with Crippen LogP contribution in [0.2, 0.25) is 15.1 Å². The Bertz CT molecular complexity index is 1100. The number of nitrogens with zero attached hydrogens (tertiary/aromatic N) is 3. The Morgan fingerprint density at radius 1 is 1.06 bits per heavy atom. The molecule has 0 radical (unpaired) electrons. The molecule has 0 saturated heterocycles. The van der Waals surface area contributed by atoms with Crippen LogP contribution in [0.4, 0.5) is 5.69 Å². The predicted molar refractivity (Wildman–Crippen MR) is 124 cm³/mol. The summed E-state index contributed by atoms with van der Waals surface area (Å²) < 4.78 is 1.73. The Hall–Kier alpha value is -2.26. The van der Waals surface area contributed by atoms with Crippen molar-refractivity contribution in [2.45, 2.75) is 18.1 Å². The minimum atomic E-state index is -0.394. The van der Waals surface area contributed by atoms with Crippen LogP contribution in [0.25, 0.3) is 0 Å². The smallest absolute Gasteiger partial charge is 0.251 e. The van der Waals surface area contributed by atoms with Crippen LogP contribution >= 0.6 is 46.6 Å². The summed E-state index contributed by atoms with van der Waals surface area (Å²) in [6, 6.07) is 11.0. The molecule has 0 aliphatic carbocycles. The highest BCUT2D eigenvalue weighted by Gasteiger charge is 2.19. The van der Waals surface area contributed by atoms with Gasteiger partial charge in [0.15, 0.2) is 11.0 Å². The number of aromatic nitrogens is 3. The summed E-state index contributed by atoms with van der Waals surface area (Å²) in [5, 5.41) is 15.8. The van der Waals surface area contributed by atoms with Crippen molar-refractivity contribution in [3.63, 3.8) is 0 Å². The number of rotatable bonds is 7. The molecule has 0 fully saturated rings. The van der Waals surface area contributed by atoms with Gasteiger partial charge in [0.1, 0.15) is 0 Å². The van der Waals surface area contributed by atoms with Crippen LogP contribution in [-0.4, -0.2) is 32.3 Å². The van der Waals surface area contributed by atoms with Crippen LogP contribution in [0.3, 0.4) is 0 Å². The fourth-order valence-corrected chi connectivity index (χ4v) is 3.87. The lowest BCUT2D eigenvalue weighted by molar-refractivity contribution is -0.113. The van der Waals surface area contributed by atoms with Crippen LogP contribution in [0.5, 0.6) is 0 Å². The summed E-state index contributed by atoms with van der Waals surface area (Å²) in [4.78, 5) is 24.7. The highest BCUT2D eigenvalue weighted by atomic mass is 35.5. The number of hydrogen-bond acceptors (Lipinski definition) is 5. The molecule has 2 aromatic carbocycles. The molecule has 0 saturated carbocycles. The van der Waals surface area contributed by atoms with E-state index in [0.717, 1.165) is 0 Å². The average Bonchev–Trinajstić information content (AvgIpc) is 3.10. The van der Waals surface area contributed by atoms with Crippen molar-refractivity contribution in [1.29, 1.82) is 0 Å². The molecule has 2 amide bonds. The minimum absolute atomic E-state index is 0.0975. The molecule has 31 heavy (non-hydrogen) atoms. The van der Waals surface area contributed by atoms with Crippen molar-refractivity contribution in [1.82, 2.24) is 20.1 Å². The molecule has 0 spiro atoms. The molecule has 0 unspecified atom stereocenters. The maximum atomic E-state index is 12.4. The zero-order valence-corrected chi connectivity index (χ0v) is 19.6. The maximum absolute atomic E-state index is 12.4.